The zero-order valence-corrected chi connectivity index (χ0v) is 12.3. The Kier molecular flexibility index (Phi) is 3.58. The highest BCUT2D eigenvalue weighted by atomic mass is 16.5. The van der Waals surface area contributed by atoms with Crippen molar-refractivity contribution in [1.29, 1.82) is 0 Å². The van der Waals surface area contributed by atoms with Gasteiger partial charge in [-0.15, -0.1) is 0 Å². The van der Waals surface area contributed by atoms with E-state index in [-0.39, 0.29) is 0 Å². The number of aryl methyl sites for hydroxylation is 2. The van der Waals surface area contributed by atoms with Crippen molar-refractivity contribution < 1.29 is 4.74 Å². The fraction of sp³-hybridized carbons (Fsp3) is 0.571. The minimum atomic E-state index is 0.382. The lowest BCUT2D eigenvalue weighted by Crippen LogP contribution is -2.35. The van der Waals surface area contributed by atoms with Gasteiger partial charge in [-0.25, -0.2) is 4.98 Å². The number of rotatable bonds is 4. The highest BCUT2D eigenvalue weighted by Gasteiger charge is 2.28. The third kappa shape index (κ3) is 2.48. The molecule has 3 heterocycles. The molecule has 0 unspecified atom stereocenters. The first kappa shape index (κ1) is 13.3. The monoisotopic (exact) mass is 275 g/mol. The predicted molar refractivity (Wildman–Crippen MR) is 75.1 cm³/mol. The second kappa shape index (κ2) is 5.38. The van der Waals surface area contributed by atoms with E-state index < -0.39 is 0 Å². The van der Waals surface area contributed by atoms with E-state index in [1.165, 1.54) is 17.0 Å². The molecule has 0 N–H and O–H groups in total. The Labute approximate surface area is 119 Å². The number of imidazole rings is 1. The van der Waals surface area contributed by atoms with Crippen LogP contribution in [-0.2, 0) is 31.9 Å². The van der Waals surface area contributed by atoms with Gasteiger partial charge in [0.15, 0.2) is 0 Å². The van der Waals surface area contributed by atoms with E-state index in [0.29, 0.717) is 5.92 Å². The highest BCUT2D eigenvalue weighted by molar-refractivity contribution is 5.22. The molecule has 1 atom stereocenters. The quantitative estimate of drug-likeness (QED) is 0.832. The minimum absolute atomic E-state index is 0.382. The van der Waals surface area contributed by atoms with E-state index in [2.05, 4.69) is 32.8 Å². The van der Waals surface area contributed by atoms with Crippen molar-refractivity contribution in [1.82, 2.24) is 24.2 Å². The first-order valence-corrected chi connectivity index (χ1v) is 6.86. The summed E-state index contributed by atoms with van der Waals surface area (Å²) in [6.45, 7) is 3.53. The summed E-state index contributed by atoms with van der Waals surface area (Å²) in [5.41, 5.74) is 3.72. The van der Waals surface area contributed by atoms with Crippen LogP contribution in [0, 0.1) is 0 Å². The number of aromatic nitrogens is 4. The summed E-state index contributed by atoms with van der Waals surface area (Å²) in [5.74, 6) is 0.382. The fourth-order valence-corrected chi connectivity index (χ4v) is 3.07. The molecule has 6 heteroatoms. The Morgan fingerprint density at radius 2 is 2.25 bits per heavy atom. The van der Waals surface area contributed by atoms with Crippen LogP contribution in [0.2, 0.25) is 0 Å². The fourth-order valence-electron chi connectivity index (χ4n) is 3.07. The van der Waals surface area contributed by atoms with E-state index in [1.807, 2.05) is 24.3 Å². The normalized spacial score (nSPS) is 19.2. The molecule has 2 aromatic heterocycles. The van der Waals surface area contributed by atoms with Crippen LogP contribution in [0.1, 0.15) is 22.9 Å². The number of fused-ring (bicyclic) bond motifs is 1. The van der Waals surface area contributed by atoms with Crippen LogP contribution in [0.5, 0.6) is 0 Å². The maximum absolute atomic E-state index is 5.38. The Morgan fingerprint density at radius 1 is 1.40 bits per heavy atom. The Balaban J connectivity index is 1.79. The van der Waals surface area contributed by atoms with Crippen LogP contribution in [-0.4, -0.2) is 44.5 Å². The molecule has 6 nitrogen and oxygen atoms in total. The number of hydrogen-bond donors (Lipinski definition) is 0. The third-order valence-corrected chi connectivity index (χ3v) is 3.83. The van der Waals surface area contributed by atoms with Crippen molar-refractivity contribution >= 4 is 0 Å². The minimum Gasteiger partial charge on any atom is -0.384 e. The number of ether oxygens (including phenoxy) is 1. The van der Waals surface area contributed by atoms with E-state index in [0.717, 1.165) is 26.2 Å². The number of hydrogen-bond acceptors (Lipinski definition) is 4. The Morgan fingerprint density at radius 3 is 2.95 bits per heavy atom. The van der Waals surface area contributed by atoms with Crippen LogP contribution < -0.4 is 0 Å². The molecule has 0 fully saturated rings. The smallest absolute Gasteiger partial charge is 0.0949 e. The van der Waals surface area contributed by atoms with Gasteiger partial charge in [-0.3, -0.25) is 9.58 Å². The molecule has 20 heavy (non-hydrogen) atoms. The van der Waals surface area contributed by atoms with Crippen molar-refractivity contribution in [2.45, 2.75) is 19.0 Å². The van der Waals surface area contributed by atoms with Gasteiger partial charge in [-0.2, -0.15) is 5.10 Å². The second-order valence-corrected chi connectivity index (χ2v) is 5.53. The summed E-state index contributed by atoms with van der Waals surface area (Å²) in [4.78, 5) is 6.94. The number of nitrogens with zero attached hydrogens (tertiary/aromatic N) is 5. The van der Waals surface area contributed by atoms with E-state index in [9.17, 15) is 0 Å². The zero-order valence-electron chi connectivity index (χ0n) is 12.3. The molecule has 0 amide bonds. The van der Waals surface area contributed by atoms with Gasteiger partial charge in [0.25, 0.3) is 0 Å². The Hall–Kier alpha value is -1.66. The van der Waals surface area contributed by atoms with Crippen LogP contribution >= 0.6 is 0 Å². The third-order valence-electron chi connectivity index (χ3n) is 3.83. The van der Waals surface area contributed by atoms with E-state index >= 15 is 0 Å². The molecular formula is C14H21N5O. The van der Waals surface area contributed by atoms with Crippen molar-refractivity contribution in [3.8, 4) is 0 Å². The topological polar surface area (TPSA) is 48.1 Å². The standard InChI is InChI=1S/C14H21N5O/c1-17-10-15-13-8-19(6-11-4-16-18(2)5-11)7-12(9-20-3)14(13)17/h4-5,10,12H,6-9H2,1-3H3/t12-/m0/s1. The van der Waals surface area contributed by atoms with E-state index in [4.69, 9.17) is 4.74 Å². The zero-order chi connectivity index (χ0) is 14.1. The average Bonchev–Trinajstić information content (AvgIpc) is 2.97. The maximum atomic E-state index is 5.38. The molecule has 1 aliphatic rings. The molecule has 2 aromatic rings. The van der Waals surface area contributed by atoms with E-state index in [1.54, 1.807) is 7.11 Å². The lowest BCUT2D eigenvalue weighted by molar-refractivity contribution is 0.132. The van der Waals surface area contributed by atoms with Gasteiger partial charge in [0.2, 0.25) is 0 Å². The van der Waals surface area contributed by atoms with Crippen molar-refractivity contribution in [3.63, 3.8) is 0 Å². The predicted octanol–water partition coefficient (Wildman–Crippen LogP) is 0.899. The SMILES string of the molecule is COC[C@@H]1CN(Cc2cnn(C)c2)Cc2ncn(C)c21. The van der Waals surface area contributed by atoms with Gasteiger partial charge in [0, 0.05) is 64.2 Å². The summed E-state index contributed by atoms with van der Waals surface area (Å²) >= 11 is 0. The van der Waals surface area contributed by atoms with Gasteiger partial charge < -0.3 is 9.30 Å². The lowest BCUT2D eigenvalue weighted by atomic mass is 9.98. The second-order valence-electron chi connectivity index (χ2n) is 5.53. The van der Waals surface area contributed by atoms with Crippen LogP contribution in [0.3, 0.4) is 0 Å². The molecule has 1 aliphatic heterocycles. The molecule has 108 valence electrons. The van der Waals surface area contributed by atoms with Gasteiger partial charge in [0.05, 0.1) is 24.8 Å². The number of methoxy groups -OCH3 is 1. The maximum Gasteiger partial charge on any atom is 0.0949 e. The summed E-state index contributed by atoms with van der Waals surface area (Å²) in [6, 6.07) is 0. The van der Waals surface area contributed by atoms with Gasteiger partial charge in [-0.1, -0.05) is 0 Å². The summed E-state index contributed by atoms with van der Waals surface area (Å²) in [6.07, 6.45) is 5.90. The van der Waals surface area contributed by atoms with Gasteiger partial charge in [0.1, 0.15) is 0 Å². The van der Waals surface area contributed by atoms with Crippen LogP contribution in [0.25, 0.3) is 0 Å². The highest BCUT2D eigenvalue weighted by Crippen LogP contribution is 2.28. The largest absolute Gasteiger partial charge is 0.384 e. The molecule has 0 saturated heterocycles. The van der Waals surface area contributed by atoms with Crippen molar-refractivity contribution in [2.75, 3.05) is 20.3 Å². The van der Waals surface area contributed by atoms with Crippen molar-refractivity contribution in [2.24, 2.45) is 14.1 Å². The molecule has 0 aliphatic carbocycles. The molecule has 0 aromatic carbocycles. The van der Waals surface area contributed by atoms with Gasteiger partial charge in [-0.05, 0) is 0 Å². The summed E-state index contributed by atoms with van der Waals surface area (Å²) in [5, 5.41) is 4.23. The van der Waals surface area contributed by atoms with Gasteiger partial charge >= 0.3 is 0 Å². The first-order valence-electron chi connectivity index (χ1n) is 6.86. The summed E-state index contributed by atoms with van der Waals surface area (Å²) < 4.78 is 9.35. The first-order chi connectivity index (χ1) is 9.67. The van der Waals surface area contributed by atoms with Crippen molar-refractivity contribution in [3.05, 3.63) is 35.7 Å². The molecule has 0 bridgehead atoms. The molecular weight excluding hydrogens is 254 g/mol. The lowest BCUT2D eigenvalue weighted by Gasteiger charge is -2.32. The van der Waals surface area contributed by atoms with Crippen LogP contribution in [0.4, 0.5) is 0 Å². The average molecular weight is 275 g/mol. The molecule has 0 saturated carbocycles. The molecule has 3 rings (SSSR count). The summed E-state index contributed by atoms with van der Waals surface area (Å²) in [7, 11) is 5.77. The molecule has 0 spiro atoms. The Bertz CT molecular complexity index is 588. The van der Waals surface area contributed by atoms with Crippen LogP contribution in [0.15, 0.2) is 18.7 Å². The molecule has 0 radical (unpaired) electrons.